The van der Waals surface area contributed by atoms with Crippen LogP contribution in [0.25, 0.3) is 4.98 Å². The van der Waals surface area contributed by atoms with E-state index in [1.165, 1.54) is 24.3 Å². The quantitative estimate of drug-likeness (QED) is 0.543. The van der Waals surface area contributed by atoms with E-state index in [1.54, 1.807) is 0 Å². The van der Waals surface area contributed by atoms with Gasteiger partial charge in [-0.1, -0.05) is 0 Å². The van der Waals surface area contributed by atoms with Crippen molar-refractivity contribution in [3.8, 4) is 5.75 Å². The summed E-state index contributed by atoms with van der Waals surface area (Å²) in [5, 5.41) is 46.6. The Morgan fingerprint density at radius 1 is 1.10 bits per heavy atom. The molecule has 1 aliphatic heterocycles. The molecule has 0 amide bonds. The fourth-order valence-corrected chi connectivity index (χ4v) is 1.89. The summed E-state index contributed by atoms with van der Waals surface area (Å²) in [4.78, 5) is 2.98. The van der Waals surface area contributed by atoms with Gasteiger partial charge in [-0.15, -0.1) is 0 Å². The zero-order valence-electron chi connectivity index (χ0n) is 10.4. The number of ether oxygens (including phenoxy) is 2. The highest BCUT2D eigenvalue weighted by Gasteiger charge is 2.44. The van der Waals surface area contributed by atoms with Gasteiger partial charge in [0.1, 0.15) is 30.2 Å². The summed E-state index contributed by atoms with van der Waals surface area (Å²) in [6.45, 7) is -0.521. The minimum absolute atomic E-state index is 0.307. The number of aliphatic hydroxyl groups is 4. The Bertz CT molecular complexity index is 486. The van der Waals surface area contributed by atoms with E-state index in [1.807, 2.05) is 0 Å². The number of nitrogens with zero attached hydrogens (tertiary/aromatic N) is 2. The first-order valence-corrected chi connectivity index (χ1v) is 5.99. The molecule has 20 heavy (non-hydrogen) atoms. The zero-order valence-corrected chi connectivity index (χ0v) is 10.4. The average molecular weight is 283 g/mol. The van der Waals surface area contributed by atoms with Gasteiger partial charge in [0, 0.05) is 12.1 Å². The molecule has 1 heterocycles. The Kier molecular flexibility index (Phi) is 4.49. The molecule has 5 unspecified atom stereocenters. The standard InChI is InChI=1S/C12H15N2O6/c13-14-6-1-3-7(4-2-6)19-12-11(18)10(17)9(16)8(5-15)20-12/h1-4,8-12,15-18H,5H2/q+1. The lowest BCUT2D eigenvalue weighted by atomic mass is 9.99. The van der Waals surface area contributed by atoms with Crippen molar-refractivity contribution in [1.82, 2.24) is 0 Å². The van der Waals surface area contributed by atoms with Crippen LogP contribution >= 0.6 is 0 Å². The van der Waals surface area contributed by atoms with Gasteiger partial charge in [0.25, 0.3) is 0 Å². The maximum atomic E-state index is 9.78. The lowest BCUT2D eigenvalue weighted by Gasteiger charge is -2.39. The second-order valence-electron chi connectivity index (χ2n) is 4.41. The van der Waals surface area contributed by atoms with Gasteiger partial charge in [-0.25, -0.2) is 0 Å². The summed E-state index contributed by atoms with van der Waals surface area (Å²) in [6.07, 6.45) is -6.63. The first-order chi connectivity index (χ1) is 9.56. The third-order valence-electron chi connectivity index (χ3n) is 3.05. The fraction of sp³-hybridized carbons (Fsp3) is 0.500. The molecule has 0 aromatic heterocycles. The molecule has 8 nitrogen and oxygen atoms in total. The normalized spacial score (nSPS) is 33.5. The number of diazo groups is 1. The van der Waals surface area contributed by atoms with Gasteiger partial charge in [-0.2, -0.15) is 0 Å². The monoisotopic (exact) mass is 283 g/mol. The van der Waals surface area contributed by atoms with Gasteiger partial charge in [0.05, 0.1) is 6.61 Å². The molecular weight excluding hydrogens is 268 g/mol. The van der Waals surface area contributed by atoms with E-state index in [0.29, 0.717) is 11.4 Å². The molecule has 5 atom stereocenters. The van der Waals surface area contributed by atoms with Crippen molar-refractivity contribution in [2.75, 3.05) is 6.61 Å². The third kappa shape index (κ3) is 2.87. The van der Waals surface area contributed by atoms with E-state index < -0.39 is 37.3 Å². The smallest absolute Gasteiger partial charge is 0.385 e. The largest absolute Gasteiger partial charge is 0.462 e. The van der Waals surface area contributed by atoms with E-state index in [4.69, 9.17) is 20.0 Å². The van der Waals surface area contributed by atoms with Crippen LogP contribution in [0.1, 0.15) is 0 Å². The Morgan fingerprint density at radius 3 is 2.30 bits per heavy atom. The van der Waals surface area contributed by atoms with Gasteiger partial charge in [-0.3, -0.25) is 0 Å². The fourth-order valence-electron chi connectivity index (χ4n) is 1.89. The van der Waals surface area contributed by atoms with Crippen molar-refractivity contribution in [1.29, 1.82) is 5.39 Å². The summed E-state index contributed by atoms with van der Waals surface area (Å²) < 4.78 is 10.5. The van der Waals surface area contributed by atoms with Crippen LogP contribution in [-0.4, -0.2) is 57.7 Å². The number of hydrogen-bond donors (Lipinski definition) is 4. The minimum atomic E-state index is -1.49. The van der Waals surface area contributed by atoms with Crippen LogP contribution < -0.4 is 4.74 Å². The van der Waals surface area contributed by atoms with Crippen molar-refractivity contribution >= 4 is 5.69 Å². The van der Waals surface area contributed by atoms with Crippen LogP contribution in [0.5, 0.6) is 5.75 Å². The first kappa shape index (κ1) is 14.6. The van der Waals surface area contributed by atoms with Gasteiger partial charge >= 0.3 is 5.69 Å². The van der Waals surface area contributed by atoms with Gasteiger partial charge < -0.3 is 29.9 Å². The Morgan fingerprint density at radius 2 is 1.75 bits per heavy atom. The van der Waals surface area contributed by atoms with Gasteiger partial charge in [-0.05, 0) is 12.1 Å². The molecule has 1 fully saturated rings. The Hall–Kier alpha value is -1.76. The van der Waals surface area contributed by atoms with E-state index in [-0.39, 0.29) is 0 Å². The van der Waals surface area contributed by atoms with Crippen LogP contribution in [0, 0.1) is 5.39 Å². The second kappa shape index (κ2) is 6.13. The average Bonchev–Trinajstić information content (AvgIpc) is 2.48. The van der Waals surface area contributed by atoms with Crippen molar-refractivity contribution in [2.24, 2.45) is 0 Å². The minimum Gasteiger partial charge on any atom is -0.462 e. The van der Waals surface area contributed by atoms with Crippen molar-refractivity contribution < 1.29 is 29.9 Å². The van der Waals surface area contributed by atoms with Crippen molar-refractivity contribution in [3.63, 3.8) is 0 Å². The summed E-state index contributed by atoms with van der Waals surface area (Å²) in [6, 6.07) is 5.91. The van der Waals surface area contributed by atoms with Gasteiger partial charge in [0.2, 0.25) is 11.7 Å². The molecule has 0 radical (unpaired) electrons. The van der Waals surface area contributed by atoms with E-state index in [2.05, 4.69) is 4.98 Å². The Balaban J connectivity index is 2.09. The third-order valence-corrected chi connectivity index (χ3v) is 3.05. The molecule has 1 aliphatic rings. The Labute approximate surface area is 114 Å². The molecule has 1 aromatic carbocycles. The number of rotatable bonds is 3. The van der Waals surface area contributed by atoms with Crippen LogP contribution in [-0.2, 0) is 4.74 Å². The first-order valence-electron chi connectivity index (χ1n) is 5.99. The predicted molar refractivity (Wildman–Crippen MR) is 65.6 cm³/mol. The molecule has 0 aliphatic carbocycles. The second-order valence-corrected chi connectivity index (χ2v) is 4.41. The molecule has 1 aromatic rings. The molecule has 8 heteroatoms. The molecule has 2 rings (SSSR count). The van der Waals surface area contributed by atoms with Crippen LogP contribution in [0.15, 0.2) is 24.3 Å². The molecule has 108 valence electrons. The predicted octanol–water partition coefficient (Wildman–Crippen LogP) is -0.650. The zero-order chi connectivity index (χ0) is 14.7. The highest BCUT2D eigenvalue weighted by molar-refractivity contribution is 5.46. The van der Waals surface area contributed by atoms with Crippen molar-refractivity contribution in [3.05, 3.63) is 29.2 Å². The number of benzene rings is 1. The summed E-state index contributed by atoms with van der Waals surface area (Å²) in [5.74, 6) is 0.307. The summed E-state index contributed by atoms with van der Waals surface area (Å²) >= 11 is 0. The van der Waals surface area contributed by atoms with Crippen LogP contribution in [0.2, 0.25) is 0 Å². The highest BCUT2D eigenvalue weighted by Crippen LogP contribution is 2.25. The number of hydrogen-bond acceptors (Lipinski definition) is 7. The molecule has 0 spiro atoms. The molecule has 0 bridgehead atoms. The molecule has 1 saturated heterocycles. The topological polar surface area (TPSA) is 128 Å². The lowest BCUT2D eigenvalue weighted by Crippen LogP contribution is -2.60. The van der Waals surface area contributed by atoms with E-state index >= 15 is 0 Å². The summed E-state index contributed by atoms with van der Waals surface area (Å²) in [5.41, 5.74) is 0.325. The van der Waals surface area contributed by atoms with Crippen LogP contribution in [0.4, 0.5) is 5.69 Å². The lowest BCUT2D eigenvalue weighted by molar-refractivity contribution is -0.277. The van der Waals surface area contributed by atoms with Crippen molar-refractivity contribution in [2.45, 2.75) is 30.7 Å². The van der Waals surface area contributed by atoms with Crippen LogP contribution in [0.3, 0.4) is 0 Å². The van der Waals surface area contributed by atoms with E-state index in [0.717, 1.165) is 0 Å². The molecular formula is C12H15N2O6+. The molecule has 4 N–H and O–H groups in total. The van der Waals surface area contributed by atoms with E-state index in [9.17, 15) is 15.3 Å². The SMILES string of the molecule is N#[N+]c1ccc(OC2OC(CO)C(O)C(O)C2O)cc1. The molecule has 0 saturated carbocycles. The van der Waals surface area contributed by atoms with Gasteiger partial charge in [0.15, 0.2) is 4.98 Å². The summed E-state index contributed by atoms with van der Waals surface area (Å²) in [7, 11) is 0. The highest BCUT2D eigenvalue weighted by atomic mass is 16.7. The maximum Gasteiger partial charge on any atom is 0.385 e. The number of aliphatic hydroxyl groups excluding tert-OH is 4. The maximum absolute atomic E-state index is 9.78.